The van der Waals surface area contributed by atoms with Crippen LogP contribution >= 0.6 is 0 Å². The number of hydrogen-bond donors (Lipinski definition) is 1. The molecule has 1 N–H and O–H groups in total. The molecule has 1 amide bonds. The highest BCUT2D eigenvalue weighted by Gasteiger charge is 2.21. The van der Waals surface area contributed by atoms with Gasteiger partial charge in [-0.05, 0) is 67.3 Å². The third-order valence-corrected chi connectivity index (χ3v) is 6.73. The van der Waals surface area contributed by atoms with Gasteiger partial charge in [0.1, 0.15) is 5.82 Å². The highest BCUT2D eigenvalue weighted by atomic mass is 32.2. The summed E-state index contributed by atoms with van der Waals surface area (Å²) in [6.07, 6.45) is 6.45. The third kappa shape index (κ3) is 5.21. The van der Waals surface area contributed by atoms with Crippen molar-refractivity contribution in [2.75, 3.05) is 30.4 Å². The van der Waals surface area contributed by atoms with Crippen molar-refractivity contribution in [3.8, 4) is 0 Å². The van der Waals surface area contributed by atoms with Crippen LogP contribution in [0.5, 0.6) is 0 Å². The van der Waals surface area contributed by atoms with E-state index in [4.69, 9.17) is 0 Å². The van der Waals surface area contributed by atoms with Gasteiger partial charge in [0.15, 0.2) is 0 Å². The lowest BCUT2D eigenvalue weighted by atomic mass is 10.1. The van der Waals surface area contributed by atoms with Gasteiger partial charge < -0.3 is 10.2 Å². The molecule has 0 radical (unpaired) electrons. The third-order valence-electron chi connectivity index (χ3n) is 4.91. The summed E-state index contributed by atoms with van der Waals surface area (Å²) in [6.45, 7) is 5.61. The molecule has 0 unspecified atom stereocenters. The lowest BCUT2D eigenvalue weighted by molar-refractivity contribution is -0.111. The number of hydrogen-bond acceptors (Lipinski definition) is 5. The zero-order valence-electron chi connectivity index (χ0n) is 16.5. The second-order valence-corrected chi connectivity index (χ2v) is 9.09. The molecule has 7 nitrogen and oxygen atoms in total. The molecular formula is C21H26N4O3S. The molecule has 2 heterocycles. The van der Waals surface area contributed by atoms with E-state index in [-0.39, 0.29) is 17.3 Å². The number of sulfonamides is 1. The van der Waals surface area contributed by atoms with Crippen LogP contribution in [0, 0.1) is 0 Å². The fourth-order valence-corrected chi connectivity index (χ4v) is 4.44. The molecule has 1 aliphatic rings. The van der Waals surface area contributed by atoms with Crippen LogP contribution in [0.3, 0.4) is 0 Å². The summed E-state index contributed by atoms with van der Waals surface area (Å²) < 4.78 is 27.1. The van der Waals surface area contributed by atoms with Crippen LogP contribution in [0.1, 0.15) is 24.8 Å². The first kappa shape index (κ1) is 21.0. The average Bonchev–Trinajstić information content (AvgIpc) is 2.75. The second-order valence-electron chi connectivity index (χ2n) is 7.05. The van der Waals surface area contributed by atoms with Crippen molar-refractivity contribution in [2.24, 2.45) is 0 Å². The lowest BCUT2D eigenvalue weighted by Gasteiger charge is -2.28. The Balaban J connectivity index is 1.71. The Labute approximate surface area is 172 Å². The largest absolute Gasteiger partial charge is 0.357 e. The SMILES string of the molecule is C=CC(=O)Nc1ccc(S(=O)(=O)N(C)Cc2ccnc(N3CCCCC3)c2)cc1. The summed E-state index contributed by atoms with van der Waals surface area (Å²) in [5.41, 5.74) is 1.40. The number of pyridine rings is 1. The maximum Gasteiger partial charge on any atom is 0.247 e. The first-order valence-electron chi connectivity index (χ1n) is 9.60. The minimum absolute atomic E-state index is 0.168. The number of carbonyl (C=O) groups excluding carboxylic acids is 1. The Bertz CT molecular complexity index is 968. The van der Waals surface area contributed by atoms with Gasteiger partial charge in [0, 0.05) is 38.6 Å². The number of nitrogens with zero attached hydrogens (tertiary/aromatic N) is 3. The van der Waals surface area contributed by atoms with E-state index < -0.39 is 10.0 Å². The van der Waals surface area contributed by atoms with E-state index in [1.54, 1.807) is 25.4 Å². The van der Waals surface area contributed by atoms with E-state index >= 15 is 0 Å². The Morgan fingerprint density at radius 1 is 1.21 bits per heavy atom. The Morgan fingerprint density at radius 2 is 1.90 bits per heavy atom. The summed E-state index contributed by atoms with van der Waals surface area (Å²) in [7, 11) is -2.10. The number of nitrogens with one attached hydrogen (secondary N) is 1. The lowest BCUT2D eigenvalue weighted by Crippen LogP contribution is -2.30. The van der Waals surface area contributed by atoms with Crippen LogP contribution in [-0.2, 0) is 21.4 Å². The minimum atomic E-state index is -3.66. The van der Waals surface area contributed by atoms with Gasteiger partial charge in [0.25, 0.3) is 0 Å². The highest BCUT2D eigenvalue weighted by molar-refractivity contribution is 7.89. The van der Waals surface area contributed by atoms with E-state index in [1.165, 1.54) is 22.9 Å². The Kier molecular flexibility index (Phi) is 6.66. The fraction of sp³-hybridized carbons (Fsp3) is 0.333. The van der Waals surface area contributed by atoms with Crippen molar-refractivity contribution in [1.29, 1.82) is 0 Å². The standard InChI is InChI=1S/C21H26N4O3S/c1-3-21(26)23-18-7-9-19(10-8-18)29(27,28)24(2)16-17-11-12-22-20(15-17)25-13-5-4-6-14-25/h3,7-12,15H,1,4-6,13-14,16H2,2H3,(H,23,26). The number of rotatable bonds is 7. The zero-order valence-corrected chi connectivity index (χ0v) is 17.4. The molecule has 1 fully saturated rings. The van der Waals surface area contributed by atoms with Gasteiger partial charge in [-0.25, -0.2) is 13.4 Å². The first-order chi connectivity index (χ1) is 13.9. The van der Waals surface area contributed by atoms with Gasteiger partial charge in [-0.2, -0.15) is 4.31 Å². The van der Waals surface area contributed by atoms with E-state index in [1.807, 2.05) is 12.1 Å². The van der Waals surface area contributed by atoms with Crippen LogP contribution in [0.4, 0.5) is 11.5 Å². The summed E-state index contributed by atoms with van der Waals surface area (Å²) in [5, 5.41) is 2.60. The molecule has 8 heteroatoms. The number of anilines is 2. The minimum Gasteiger partial charge on any atom is -0.357 e. The molecule has 3 rings (SSSR count). The molecule has 2 aromatic rings. The van der Waals surface area contributed by atoms with Gasteiger partial charge in [-0.15, -0.1) is 0 Å². The van der Waals surface area contributed by atoms with E-state index in [0.717, 1.165) is 43.4 Å². The summed E-state index contributed by atoms with van der Waals surface area (Å²) in [4.78, 5) is 18.2. The maximum absolute atomic E-state index is 12.9. The molecule has 0 aliphatic carbocycles. The molecule has 29 heavy (non-hydrogen) atoms. The zero-order chi connectivity index (χ0) is 20.9. The molecule has 1 saturated heterocycles. The molecule has 0 spiro atoms. The van der Waals surface area contributed by atoms with Gasteiger partial charge in [0.05, 0.1) is 4.90 Å². The first-order valence-corrected chi connectivity index (χ1v) is 11.0. The van der Waals surface area contributed by atoms with Gasteiger partial charge in [0.2, 0.25) is 15.9 Å². The van der Waals surface area contributed by atoms with E-state index in [9.17, 15) is 13.2 Å². The topological polar surface area (TPSA) is 82.6 Å². The van der Waals surface area contributed by atoms with Crippen LogP contribution in [0.15, 0.2) is 60.1 Å². The predicted octanol–water partition coefficient (Wildman–Crippen LogP) is 3.02. The molecular weight excluding hydrogens is 388 g/mol. The van der Waals surface area contributed by atoms with E-state index in [0.29, 0.717) is 5.69 Å². The fourth-order valence-electron chi connectivity index (χ4n) is 3.28. The monoisotopic (exact) mass is 414 g/mol. The molecule has 0 atom stereocenters. The van der Waals surface area contributed by atoms with Gasteiger partial charge >= 0.3 is 0 Å². The summed E-state index contributed by atoms with van der Waals surface area (Å²) in [5.74, 6) is 0.551. The normalized spacial score (nSPS) is 14.6. The number of carbonyl (C=O) groups is 1. The predicted molar refractivity (Wildman–Crippen MR) is 114 cm³/mol. The quantitative estimate of drug-likeness (QED) is 0.704. The number of aromatic nitrogens is 1. The molecule has 0 saturated carbocycles. The van der Waals surface area contributed by atoms with Crippen molar-refractivity contribution in [2.45, 2.75) is 30.7 Å². The average molecular weight is 415 g/mol. The van der Waals surface area contributed by atoms with Crippen LogP contribution < -0.4 is 10.2 Å². The molecule has 1 aromatic heterocycles. The number of benzene rings is 1. The van der Waals surface area contributed by atoms with Crippen LogP contribution in [0.25, 0.3) is 0 Å². The van der Waals surface area contributed by atoms with E-state index in [2.05, 4.69) is 21.8 Å². The van der Waals surface area contributed by atoms with Crippen molar-refractivity contribution in [3.05, 3.63) is 60.8 Å². The van der Waals surface area contributed by atoms with Crippen molar-refractivity contribution < 1.29 is 13.2 Å². The summed E-state index contributed by atoms with van der Waals surface area (Å²) >= 11 is 0. The molecule has 0 bridgehead atoms. The Morgan fingerprint density at radius 3 is 2.55 bits per heavy atom. The number of piperidine rings is 1. The van der Waals surface area contributed by atoms with Crippen molar-refractivity contribution in [3.63, 3.8) is 0 Å². The van der Waals surface area contributed by atoms with Gasteiger partial charge in [-0.3, -0.25) is 4.79 Å². The maximum atomic E-state index is 12.9. The van der Waals surface area contributed by atoms with Crippen LogP contribution in [0.2, 0.25) is 0 Å². The van der Waals surface area contributed by atoms with Crippen molar-refractivity contribution in [1.82, 2.24) is 9.29 Å². The second kappa shape index (κ2) is 9.19. The highest BCUT2D eigenvalue weighted by Crippen LogP contribution is 2.22. The van der Waals surface area contributed by atoms with Crippen molar-refractivity contribution >= 4 is 27.4 Å². The molecule has 1 aliphatic heterocycles. The molecule has 154 valence electrons. The van der Waals surface area contributed by atoms with Crippen LogP contribution in [-0.4, -0.2) is 43.8 Å². The molecule has 1 aromatic carbocycles. The number of amides is 1. The summed E-state index contributed by atoms with van der Waals surface area (Å²) in [6, 6.07) is 9.89. The Hall–Kier alpha value is -2.71. The smallest absolute Gasteiger partial charge is 0.247 e. The van der Waals surface area contributed by atoms with Gasteiger partial charge in [-0.1, -0.05) is 6.58 Å².